The van der Waals surface area contributed by atoms with Gasteiger partial charge in [0.15, 0.2) is 0 Å². The van der Waals surface area contributed by atoms with E-state index in [1.165, 1.54) is 17.9 Å². The minimum atomic E-state index is -0.750. The molecule has 6 nitrogen and oxygen atoms in total. The Morgan fingerprint density at radius 2 is 2.27 bits per heavy atom. The van der Waals surface area contributed by atoms with Gasteiger partial charge in [-0.05, 0) is 5.92 Å². The zero-order valence-electron chi connectivity index (χ0n) is 8.27. The summed E-state index contributed by atoms with van der Waals surface area (Å²) in [5.74, 6) is 3.34. The van der Waals surface area contributed by atoms with Crippen LogP contribution in [-0.4, -0.2) is 28.5 Å². The Labute approximate surface area is 86.0 Å². The molecule has 6 heteroatoms. The Kier molecular flexibility index (Phi) is 3.08. The maximum atomic E-state index is 11.1. The number of aryl methyl sites for hydroxylation is 1. The van der Waals surface area contributed by atoms with Crippen LogP contribution in [-0.2, 0) is 16.6 Å². The maximum Gasteiger partial charge on any atom is 0.374 e. The van der Waals surface area contributed by atoms with E-state index in [-0.39, 0.29) is 11.5 Å². The van der Waals surface area contributed by atoms with Crippen LogP contribution in [0, 0.1) is 11.8 Å². The third kappa shape index (κ3) is 2.57. The Morgan fingerprint density at radius 1 is 1.60 bits per heavy atom. The van der Waals surface area contributed by atoms with Crippen molar-refractivity contribution in [1.29, 1.82) is 0 Å². The number of carbonyl (C=O) groups is 2. The fourth-order valence-corrected chi connectivity index (χ4v) is 0.933. The highest BCUT2D eigenvalue weighted by Gasteiger charge is 2.12. The molecule has 0 aromatic carbocycles. The van der Waals surface area contributed by atoms with Gasteiger partial charge in [0, 0.05) is 19.2 Å². The molecule has 1 heterocycles. The molecule has 0 unspecified atom stereocenters. The quantitative estimate of drug-likeness (QED) is 0.474. The Bertz CT molecular complexity index is 465. The van der Waals surface area contributed by atoms with Gasteiger partial charge in [-0.3, -0.25) is 4.79 Å². The molecule has 0 spiro atoms. The molecule has 0 fully saturated rings. The van der Waals surface area contributed by atoms with Gasteiger partial charge in [-0.1, -0.05) is 0 Å². The molecule has 0 atom stereocenters. The van der Waals surface area contributed by atoms with E-state index in [1.54, 1.807) is 7.05 Å². The average Bonchev–Trinajstić information content (AvgIpc) is 2.55. The zero-order chi connectivity index (χ0) is 11.4. The van der Waals surface area contributed by atoms with Crippen LogP contribution in [0.4, 0.5) is 0 Å². The Balaban J connectivity index is 3.02. The van der Waals surface area contributed by atoms with Gasteiger partial charge in [0.05, 0.1) is 7.11 Å². The lowest BCUT2D eigenvalue weighted by Crippen LogP contribution is -2.08. The number of nitrogens with two attached hydrogens (primary N) is 1. The molecular formula is C9H9N3O3. The Morgan fingerprint density at radius 3 is 2.80 bits per heavy atom. The van der Waals surface area contributed by atoms with E-state index in [0.717, 1.165) is 0 Å². The summed E-state index contributed by atoms with van der Waals surface area (Å²) in [6.07, 6.45) is 1.50. The molecule has 0 aliphatic rings. The van der Waals surface area contributed by atoms with Crippen molar-refractivity contribution < 1.29 is 14.3 Å². The minimum absolute atomic E-state index is 0.117. The number of carbonyl (C=O) groups excluding carboxylic acids is 2. The van der Waals surface area contributed by atoms with Gasteiger partial charge in [0.2, 0.25) is 5.82 Å². The third-order valence-corrected chi connectivity index (χ3v) is 1.56. The van der Waals surface area contributed by atoms with Crippen molar-refractivity contribution in [2.45, 2.75) is 0 Å². The summed E-state index contributed by atoms with van der Waals surface area (Å²) in [4.78, 5) is 25.4. The van der Waals surface area contributed by atoms with Crippen molar-refractivity contribution in [2.75, 3.05) is 7.11 Å². The molecule has 1 amide bonds. The second kappa shape index (κ2) is 4.28. The van der Waals surface area contributed by atoms with Crippen LogP contribution in [0.1, 0.15) is 16.3 Å². The molecule has 0 saturated heterocycles. The number of rotatable bonds is 1. The van der Waals surface area contributed by atoms with Gasteiger partial charge >= 0.3 is 5.97 Å². The molecule has 1 aromatic heterocycles. The van der Waals surface area contributed by atoms with Gasteiger partial charge in [0.25, 0.3) is 5.91 Å². The predicted molar refractivity (Wildman–Crippen MR) is 50.6 cm³/mol. The second-order valence-corrected chi connectivity index (χ2v) is 2.67. The van der Waals surface area contributed by atoms with Gasteiger partial charge in [-0.2, -0.15) is 0 Å². The van der Waals surface area contributed by atoms with Crippen molar-refractivity contribution in [1.82, 2.24) is 9.55 Å². The lowest BCUT2D eigenvalue weighted by Gasteiger charge is -1.96. The summed E-state index contributed by atoms with van der Waals surface area (Å²) in [5, 5.41) is 0. The minimum Gasteiger partial charge on any atom is -0.463 e. The molecule has 78 valence electrons. The number of methoxy groups -OCH3 is 1. The molecule has 0 aliphatic carbocycles. The van der Waals surface area contributed by atoms with E-state index in [0.29, 0.717) is 0 Å². The van der Waals surface area contributed by atoms with Crippen LogP contribution in [0.5, 0.6) is 0 Å². The number of amides is 1. The van der Waals surface area contributed by atoms with Crippen molar-refractivity contribution in [3.63, 3.8) is 0 Å². The fourth-order valence-electron chi connectivity index (χ4n) is 0.933. The summed E-state index contributed by atoms with van der Waals surface area (Å²) in [6.45, 7) is 0. The van der Waals surface area contributed by atoms with E-state index in [1.807, 2.05) is 0 Å². The zero-order valence-corrected chi connectivity index (χ0v) is 8.27. The highest BCUT2D eigenvalue weighted by Crippen LogP contribution is 2.01. The SMILES string of the molecule is COC(=O)c1nc(C#CC(N)=O)cn1C. The number of nitrogens with zero attached hydrogens (tertiary/aromatic N) is 2. The van der Waals surface area contributed by atoms with Crippen LogP contribution in [0.15, 0.2) is 6.20 Å². The first-order valence-corrected chi connectivity index (χ1v) is 3.97. The largest absolute Gasteiger partial charge is 0.463 e. The average molecular weight is 207 g/mol. The summed E-state index contributed by atoms with van der Waals surface area (Å²) in [5.41, 5.74) is 5.12. The van der Waals surface area contributed by atoms with Gasteiger partial charge in [-0.15, -0.1) is 0 Å². The molecule has 0 bridgehead atoms. The van der Waals surface area contributed by atoms with Gasteiger partial charge in [-0.25, -0.2) is 9.78 Å². The summed E-state index contributed by atoms with van der Waals surface area (Å²) >= 11 is 0. The standard InChI is InChI=1S/C9H9N3O3/c1-12-5-6(3-4-7(10)13)11-8(12)9(14)15-2/h5H,1-2H3,(H2,10,13). The molecular weight excluding hydrogens is 198 g/mol. The number of hydrogen-bond acceptors (Lipinski definition) is 4. The van der Waals surface area contributed by atoms with Crippen molar-refractivity contribution >= 4 is 11.9 Å². The summed E-state index contributed by atoms with van der Waals surface area (Å²) < 4.78 is 5.95. The first kappa shape index (κ1) is 10.8. The molecule has 1 rings (SSSR count). The number of aromatic nitrogens is 2. The van der Waals surface area contributed by atoms with Gasteiger partial charge in [0.1, 0.15) is 5.69 Å². The molecule has 0 aliphatic heterocycles. The highest BCUT2D eigenvalue weighted by molar-refractivity contribution is 5.92. The van der Waals surface area contributed by atoms with Gasteiger partial charge < -0.3 is 15.0 Å². The van der Waals surface area contributed by atoms with E-state index < -0.39 is 11.9 Å². The van der Waals surface area contributed by atoms with E-state index in [2.05, 4.69) is 21.6 Å². The summed E-state index contributed by atoms with van der Waals surface area (Å²) in [7, 11) is 2.88. The topological polar surface area (TPSA) is 87.2 Å². The lowest BCUT2D eigenvalue weighted by atomic mass is 10.4. The van der Waals surface area contributed by atoms with E-state index in [9.17, 15) is 9.59 Å². The van der Waals surface area contributed by atoms with Crippen LogP contribution < -0.4 is 5.73 Å². The fraction of sp³-hybridized carbons (Fsp3) is 0.222. The van der Waals surface area contributed by atoms with E-state index in [4.69, 9.17) is 5.73 Å². The highest BCUT2D eigenvalue weighted by atomic mass is 16.5. The van der Waals surface area contributed by atoms with Crippen LogP contribution in [0.3, 0.4) is 0 Å². The number of imidazole rings is 1. The lowest BCUT2D eigenvalue weighted by molar-refractivity contribution is -0.112. The van der Waals surface area contributed by atoms with Crippen LogP contribution in [0.2, 0.25) is 0 Å². The first-order valence-electron chi connectivity index (χ1n) is 3.97. The summed E-state index contributed by atoms with van der Waals surface area (Å²) in [6, 6.07) is 0. The smallest absolute Gasteiger partial charge is 0.374 e. The predicted octanol–water partition coefficient (Wildman–Crippen LogP) is -0.957. The number of ether oxygens (including phenoxy) is 1. The number of hydrogen-bond donors (Lipinski definition) is 1. The van der Waals surface area contributed by atoms with Crippen molar-refractivity contribution in [3.8, 4) is 11.8 Å². The van der Waals surface area contributed by atoms with Crippen molar-refractivity contribution in [2.24, 2.45) is 12.8 Å². The van der Waals surface area contributed by atoms with E-state index >= 15 is 0 Å². The first-order chi connectivity index (χ1) is 7.04. The number of esters is 1. The Hall–Kier alpha value is -2.29. The maximum absolute atomic E-state index is 11.1. The van der Waals surface area contributed by atoms with Crippen LogP contribution in [0.25, 0.3) is 0 Å². The molecule has 2 N–H and O–H groups in total. The third-order valence-electron chi connectivity index (χ3n) is 1.56. The number of primary amides is 1. The molecule has 0 radical (unpaired) electrons. The molecule has 1 aromatic rings. The van der Waals surface area contributed by atoms with Crippen molar-refractivity contribution in [3.05, 3.63) is 17.7 Å². The van der Waals surface area contributed by atoms with Crippen LogP contribution >= 0.6 is 0 Å². The normalized spacial score (nSPS) is 8.93. The molecule has 15 heavy (non-hydrogen) atoms. The second-order valence-electron chi connectivity index (χ2n) is 2.67. The molecule has 0 saturated carbocycles. The monoisotopic (exact) mass is 207 g/mol.